The van der Waals surface area contributed by atoms with Crippen LogP contribution < -0.4 is 10.1 Å². The molecule has 8 nitrogen and oxygen atoms in total. The Morgan fingerprint density at radius 2 is 1.10 bits per heavy atom. The van der Waals surface area contributed by atoms with Crippen LogP contribution in [0, 0.1) is 0 Å². The zero-order chi connectivity index (χ0) is 36.5. The van der Waals surface area contributed by atoms with E-state index in [0.717, 1.165) is 50.5 Å². The van der Waals surface area contributed by atoms with E-state index in [2.05, 4.69) is 19.2 Å². The second-order valence-electron chi connectivity index (χ2n) is 13.8. The smallest absolute Gasteiger partial charge is 0.462 e. The molecule has 0 aliphatic heterocycles. The molecule has 0 aliphatic rings. The lowest BCUT2D eigenvalue weighted by atomic mass is 9.76. The molecule has 0 heterocycles. The summed E-state index contributed by atoms with van der Waals surface area (Å²) in [6.45, 7) is 11.2. The van der Waals surface area contributed by atoms with E-state index in [-0.39, 0.29) is 24.5 Å². The molecule has 0 spiro atoms. The zero-order valence-electron chi connectivity index (χ0n) is 31.7. The third kappa shape index (κ3) is 16.4. The van der Waals surface area contributed by atoms with Gasteiger partial charge in [-0.3, -0.25) is 5.32 Å². The number of unbranched alkanes of at least 4 members (excludes halogenated alkanes) is 15. The first-order valence-electron chi connectivity index (χ1n) is 19.4. The minimum atomic E-state index is -0.908. The number of carbonyl (C=O) groups is 3. The number of hydrogen-bond acceptors (Lipinski definition) is 7. The molecule has 1 amide bonds. The Morgan fingerprint density at radius 3 is 1.66 bits per heavy atom. The molecule has 1 N–H and O–H groups in total. The predicted molar refractivity (Wildman–Crippen MR) is 202 cm³/mol. The third-order valence-corrected chi connectivity index (χ3v) is 9.12. The number of amides is 1. The first kappa shape index (κ1) is 42.6. The van der Waals surface area contributed by atoms with Gasteiger partial charge in [0.15, 0.2) is 5.75 Å². The third-order valence-electron chi connectivity index (χ3n) is 9.12. The van der Waals surface area contributed by atoms with Crippen molar-refractivity contribution < 1.29 is 33.3 Å². The van der Waals surface area contributed by atoms with Crippen LogP contribution in [0.2, 0.25) is 0 Å². The maximum absolute atomic E-state index is 13.4. The van der Waals surface area contributed by atoms with Crippen LogP contribution in [0.3, 0.4) is 0 Å². The van der Waals surface area contributed by atoms with Crippen molar-refractivity contribution in [2.75, 3.05) is 25.1 Å². The van der Waals surface area contributed by atoms with Crippen molar-refractivity contribution in [1.29, 1.82) is 0 Å². The minimum Gasteiger partial charge on any atom is -0.462 e. The molecule has 280 valence electrons. The average molecular weight is 696 g/mol. The van der Waals surface area contributed by atoms with Crippen LogP contribution in [-0.2, 0) is 19.6 Å². The highest BCUT2D eigenvalue weighted by atomic mass is 16.7. The molecule has 0 aromatic heterocycles. The fraction of sp³-hybridized carbons (Fsp3) is 0.643. The SMILES string of the molecule is CCCCCCCCCCOC(=O)Nc1cc(OC(=O)OCCCCCCCCCC)c(C(=O)OCCCC)cc1C(C)(C)c1ccccc1. The lowest BCUT2D eigenvalue weighted by molar-refractivity contribution is 0.0494. The van der Waals surface area contributed by atoms with Gasteiger partial charge in [0.05, 0.1) is 25.5 Å². The van der Waals surface area contributed by atoms with Crippen LogP contribution >= 0.6 is 0 Å². The molecular weight excluding hydrogens is 630 g/mol. The van der Waals surface area contributed by atoms with Gasteiger partial charge in [0.1, 0.15) is 5.56 Å². The van der Waals surface area contributed by atoms with Crippen LogP contribution in [0.5, 0.6) is 5.75 Å². The standard InChI is InChI=1S/C42H65NO7/c1-6-9-12-14-16-18-20-25-30-48-40(45)43-37-33-38(50-41(46)49-31-26-21-19-17-15-13-10-7-2)35(39(44)47-29-11-8-3)32-36(37)42(4,5)34-27-23-22-24-28-34/h22-24,27-28,32-33H,6-21,25-26,29-31H2,1-5H3,(H,43,45). The molecule has 0 fully saturated rings. The lowest BCUT2D eigenvalue weighted by Gasteiger charge is -2.29. The van der Waals surface area contributed by atoms with E-state index in [9.17, 15) is 14.4 Å². The van der Waals surface area contributed by atoms with Gasteiger partial charge in [0.25, 0.3) is 0 Å². The highest BCUT2D eigenvalue weighted by Crippen LogP contribution is 2.40. The summed E-state index contributed by atoms with van der Waals surface area (Å²) >= 11 is 0. The molecular formula is C42H65NO7. The molecule has 2 rings (SSSR count). The molecule has 0 unspecified atom stereocenters. The summed E-state index contributed by atoms with van der Waals surface area (Å²) in [6.07, 6.45) is 18.1. The molecule has 50 heavy (non-hydrogen) atoms. The summed E-state index contributed by atoms with van der Waals surface area (Å²) in [5.74, 6) is -0.656. The Balaban J connectivity index is 2.23. The highest BCUT2D eigenvalue weighted by Gasteiger charge is 2.31. The molecule has 0 saturated carbocycles. The maximum Gasteiger partial charge on any atom is 0.513 e. The summed E-state index contributed by atoms with van der Waals surface area (Å²) < 4.78 is 22.2. The molecule has 2 aromatic rings. The van der Waals surface area contributed by atoms with Crippen LogP contribution in [0.25, 0.3) is 0 Å². The van der Waals surface area contributed by atoms with Crippen molar-refractivity contribution in [1.82, 2.24) is 0 Å². The van der Waals surface area contributed by atoms with Gasteiger partial charge in [0, 0.05) is 11.5 Å². The first-order valence-corrected chi connectivity index (χ1v) is 19.4. The van der Waals surface area contributed by atoms with Gasteiger partial charge in [-0.1, -0.05) is 161 Å². The number of esters is 1. The van der Waals surface area contributed by atoms with Crippen LogP contribution in [-0.4, -0.2) is 38.0 Å². The zero-order valence-corrected chi connectivity index (χ0v) is 31.7. The Kier molecular flexibility index (Phi) is 21.7. The van der Waals surface area contributed by atoms with Gasteiger partial charge in [-0.15, -0.1) is 0 Å². The van der Waals surface area contributed by atoms with Crippen molar-refractivity contribution in [3.63, 3.8) is 0 Å². The Labute approximate surface area is 302 Å². The summed E-state index contributed by atoms with van der Waals surface area (Å²) in [4.78, 5) is 39.4. The number of hydrogen-bond donors (Lipinski definition) is 1. The molecule has 0 saturated heterocycles. The topological polar surface area (TPSA) is 100 Å². The number of ether oxygens (including phenoxy) is 4. The van der Waals surface area contributed by atoms with Crippen molar-refractivity contribution in [3.05, 3.63) is 59.2 Å². The van der Waals surface area contributed by atoms with E-state index in [1.807, 2.05) is 51.1 Å². The Bertz CT molecular complexity index is 1240. The van der Waals surface area contributed by atoms with E-state index >= 15 is 0 Å². The lowest BCUT2D eigenvalue weighted by Crippen LogP contribution is -2.25. The predicted octanol–water partition coefficient (Wildman–Crippen LogP) is 12.3. The number of carbonyl (C=O) groups excluding carboxylic acids is 3. The van der Waals surface area contributed by atoms with Crippen LogP contribution in [0.4, 0.5) is 15.3 Å². The van der Waals surface area contributed by atoms with E-state index in [4.69, 9.17) is 18.9 Å². The molecule has 0 radical (unpaired) electrons. The normalized spacial score (nSPS) is 11.2. The van der Waals surface area contributed by atoms with Crippen molar-refractivity contribution in [3.8, 4) is 5.75 Å². The number of anilines is 1. The quantitative estimate of drug-likeness (QED) is 0.0452. The van der Waals surface area contributed by atoms with E-state index in [1.165, 1.54) is 70.3 Å². The molecule has 2 aromatic carbocycles. The number of benzene rings is 2. The van der Waals surface area contributed by atoms with Gasteiger partial charge in [-0.2, -0.15) is 0 Å². The fourth-order valence-electron chi connectivity index (χ4n) is 5.90. The first-order chi connectivity index (χ1) is 24.2. The number of nitrogens with one attached hydrogen (secondary N) is 1. The van der Waals surface area contributed by atoms with E-state index in [1.54, 1.807) is 6.07 Å². The second-order valence-corrected chi connectivity index (χ2v) is 13.8. The molecule has 0 bridgehead atoms. The maximum atomic E-state index is 13.4. The summed E-state index contributed by atoms with van der Waals surface area (Å²) in [5.41, 5.74) is 1.42. The van der Waals surface area contributed by atoms with Gasteiger partial charge in [-0.05, 0) is 36.5 Å². The van der Waals surface area contributed by atoms with Crippen LogP contribution in [0.15, 0.2) is 42.5 Å². The monoisotopic (exact) mass is 695 g/mol. The average Bonchev–Trinajstić information content (AvgIpc) is 3.10. The van der Waals surface area contributed by atoms with Crippen LogP contribution in [0.1, 0.15) is 172 Å². The van der Waals surface area contributed by atoms with E-state index < -0.39 is 23.6 Å². The molecule has 0 atom stereocenters. The summed E-state index contributed by atoms with van der Waals surface area (Å²) in [6, 6.07) is 13.0. The minimum absolute atomic E-state index is 0.0431. The summed E-state index contributed by atoms with van der Waals surface area (Å²) in [5, 5.41) is 2.88. The fourth-order valence-corrected chi connectivity index (χ4v) is 5.90. The van der Waals surface area contributed by atoms with Gasteiger partial charge < -0.3 is 18.9 Å². The highest BCUT2D eigenvalue weighted by molar-refractivity contribution is 5.96. The molecule has 0 aliphatic carbocycles. The largest absolute Gasteiger partial charge is 0.513 e. The number of rotatable bonds is 26. The van der Waals surface area contributed by atoms with E-state index in [0.29, 0.717) is 24.3 Å². The summed E-state index contributed by atoms with van der Waals surface area (Å²) in [7, 11) is 0. The van der Waals surface area contributed by atoms with Crippen molar-refractivity contribution in [2.24, 2.45) is 0 Å². The van der Waals surface area contributed by atoms with Gasteiger partial charge >= 0.3 is 18.2 Å². The molecule has 8 heteroatoms. The Morgan fingerprint density at radius 1 is 0.600 bits per heavy atom. The van der Waals surface area contributed by atoms with Gasteiger partial charge in [0.2, 0.25) is 0 Å². The second kappa shape index (κ2) is 25.4. The van der Waals surface area contributed by atoms with Crippen molar-refractivity contribution in [2.45, 2.75) is 156 Å². The van der Waals surface area contributed by atoms with Crippen molar-refractivity contribution >= 4 is 23.9 Å². The van der Waals surface area contributed by atoms with Gasteiger partial charge in [-0.25, -0.2) is 14.4 Å². The Hall–Kier alpha value is -3.55.